The van der Waals surface area contributed by atoms with Gasteiger partial charge >= 0.3 is 0 Å². The molecule has 0 radical (unpaired) electrons. The van der Waals surface area contributed by atoms with Gasteiger partial charge in [0.05, 0.1) is 23.9 Å². The summed E-state index contributed by atoms with van der Waals surface area (Å²) >= 11 is 3.43. The maximum atomic E-state index is 8.58. The van der Waals surface area contributed by atoms with E-state index < -0.39 is 0 Å². The minimum atomic E-state index is 0.408. The minimum absolute atomic E-state index is 0.408. The zero-order valence-electron chi connectivity index (χ0n) is 9.51. The average molecular weight is 260 g/mol. The summed E-state index contributed by atoms with van der Waals surface area (Å²) < 4.78 is 0. The highest BCUT2D eigenvalue weighted by molar-refractivity contribution is 7.98. The molecule has 17 heavy (non-hydrogen) atoms. The van der Waals surface area contributed by atoms with Gasteiger partial charge in [-0.2, -0.15) is 5.26 Å². The van der Waals surface area contributed by atoms with Crippen molar-refractivity contribution >= 4 is 23.1 Å². The average Bonchev–Trinajstić information content (AvgIpc) is 2.76. The van der Waals surface area contributed by atoms with Crippen molar-refractivity contribution in [1.82, 2.24) is 4.98 Å². The summed E-state index contributed by atoms with van der Waals surface area (Å²) in [6.07, 6.45) is 0.408. The predicted octanol–water partition coefficient (Wildman–Crippen LogP) is 3.81. The van der Waals surface area contributed by atoms with E-state index in [1.54, 1.807) is 23.1 Å². The number of nitrogens with zero attached hydrogens (tertiary/aromatic N) is 2. The van der Waals surface area contributed by atoms with Crippen molar-refractivity contribution in [2.75, 3.05) is 0 Å². The number of aromatic nitrogens is 1. The Kier molecular flexibility index (Phi) is 4.18. The topological polar surface area (TPSA) is 36.7 Å². The summed E-state index contributed by atoms with van der Waals surface area (Å²) in [5, 5.41) is 11.6. The van der Waals surface area contributed by atoms with E-state index in [0.717, 1.165) is 16.5 Å². The molecular formula is C13H12N2S2. The van der Waals surface area contributed by atoms with E-state index in [1.165, 1.54) is 10.5 Å². The van der Waals surface area contributed by atoms with Crippen molar-refractivity contribution < 1.29 is 0 Å². The number of nitriles is 1. The molecule has 0 N–H and O–H groups in total. The number of hydrogen-bond donors (Lipinski definition) is 0. The van der Waals surface area contributed by atoms with Crippen LogP contribution in [0.5, 0.6) is 0 Å². The molecule has 0 unspecified atom stereocenters. The second-order valence-corrected chi connectivity index (χ2v) is 5.58. The first-order valence-electron chi connectivity index (χ1n) is 5.28. The quantitative estimate of drug-likeness (QED) is 0.784. The molecule has 0 aliphatic carbocycles. The molecule has 1 heterocycles. The molecule has 0 saturated carbocycles. The van der Waals surface area contributed by atoms with Gasteiger partial charge in [-0.15, -0.1) is 23.1 Å². The van der Waals surface area contributed by atoms with Gasteiger partial charge in [-0.1, -0.05) is 18.2 Å². The van der Waals surface area contributed by atoms with Gasteiger partial charge < -0.3 is 0 Å². The number of thiazole rings is 1. The van der Waals surface area contributed by atoms with Crippen molar-refractivity contribution in [2.24, 2.45) is 0 Å². The van der Waals surface area contributed by atoms with Gasteiger partial charge in [0.1, 0.15) is 5.01 Å². The molecule has 1 aromatic carbocycles. The minimum Gasteiger partial charge on any atom is -0.244 e. The van der Waals surface area contributed by atoms with Crippen molar-refractivity contribution in [1.29, 1.82) is 5.26 Å². The van der Waals surface area contributed by atoms with Gasteiger partial charge in [0, 0.05) is 10.3 Å². The SMILES string of the molecule is Cc1ccccc1SCc1nc(CC#N)cs1. The largest absolute Gasteiger partial charge is 0.244 e. The highest BCUT2D eigenvalue weighted by Crippen LogP contribution is 2.26. The fraction of sp³-hybridized carbons (Fsp3) is 0.231. The molecule has 2 rings (SSSR count). The van der Waals surface area contributed by atoms with Gasteiger partial charge in [0.15, 0.2) is 0 Å². The Morgan fingerprint density at radius 1 is 1.41 bits per heavy atom. The molecule has 0 aliphatic heterocycles. The van der Waals surface area contributed by atoms with E-state index in [0.29, 0.717) is 6.42 Å². The van der Waals surface area contributed by atoms with E-state index in [4.69, 9.17) is 5.26 Å². The monoisotopic (exact) mass is 260 g/mol. The summed E-state index contributed by atoms with van der Waals surface area (Å²) in [4.78, 5) is 5.72. The van der Waals surface area contributed by atoms with E-state index >= 15 is 0 Å². The van der Waals surface area contributed by atoms with E-state index in [-0.39, 0.29) is 0 Å². The summed E-state index contributed by atoms with van der Waals surface area (Å²) in [6, 6.07) is 10.5. The number of aryl methyl sites for hydroxylation is 1. The molecule has 4 heteroatoms. The maximum Gasteiger partial charge on any atom is 0.103 e. The lowest BCUT2D eigenvalue weighted by molar-refractivity contribution is 1.11. The van der Waals surface area contributed by atoms with E-state index in [1.807, 2.05) is 11.4 Å². The fourth-order valence-electron chi connectivity index (χ4n) is 1.44. The normalized spacial score (nSPS) is 10.1. The summed E-state index contributed by atoms with van der Waals surface area (Å²) in [6.45, 7) is 2.12. The summed E-state index contributed by atoms with van der Waals surface area (Å²) in [7, 11) is 0. The first-order chi connectivity index (χ1) is 8.29. The molecule has 0 spiro atoms. The maximum absolute atomic E-state index is 8.58. The Morgan fingerprint density at radius 2 is 2.24 bits per heavy atom. The lowest BCUT2D eigenvalue weighted by Crippen LogP contribution is -1.84. The second kappa shape index (κ2) is 5.85. The molecule has 0 amide bonds. The zero-order chi connectivity index (χ0) is 12.1. The fourth-order valence-corrected chi connectivity index (χ4v) is 3.28. The molecule has 0 bridgehead atoms. The Hall–Kier alpha value is -1.31. The van der Waals surface area contributed by atoms with Crippen molar-refractivity contribution in [2.45, 2.75) is 24.0 Å². The smallest absolute Gasteiger partial charge is 0.103 e. The zero-order valence-corrected chi connectivity index (χ0v) is 11.1. The third kappa shape index (κ3) is 3.32. The highest BCUT2D eigenvalue weighted by Gasteiger charge is 2.03. The van der Waals surface area contributed by atoms with Crippen LogP contribution in [0.4, 0.5) is 0 Å². The van der Waals surface area contributed by atoms with Gasteiger partial charge in [-0.3, -0.25) is 0 Å². The van der Waals surface area contributed by atoms with E-state index in [9.17, 15) is 0 Å². The molecular weight excluding hydrogens is 248 g/mol. The summed E-state index contributed by atoms with van der Waals surface area (Å²) in [5.74, 6) is 0.876. The standard InChI is InChI=1S/C13H12N2S2/c1-10-4-2-3-5-12(10)16-9-13-15-11(6-7-14)8-17-13/h2-5,8H,6,9H2,1H3. The van der Waals surface area contributed by atoms with Crippen LogP contribution in [0.25, 0.3) is 0 Å². The Bertz CT molecular complexity index is 540. The molecule has 0 aliphatic rings. The van der Waals surface area contributed by atoms with Crippen LogP contribution in [0.1, 0.15) is 16.3 Å². The van der Waals surface area contributed by atoms with Crippen LogP contribution in [-0.2, 0) is 12.2 Å². The Morgan fingerprint density at radius 3 is 3.00 bits per heavy atom. The number of benzene rings is 1. The lowest BCUT2D eigenvalue weighted by Gasteiger charge is -2.02. The lowest BCUT2D eigenvalue weighted by atomic mass is 10.2. The molecule has 86 valence electrons. The molecule has 2 nitrogen and oxygen atoms in total. The van der Waals surface area contributed by atoms with Crippen LogP contribution in [0.15, 0.2) is 34.5 Å². The van der Waals surface area contributed by atoms with Crippen LogP contribution in [0.2, 0.25) is 0 Å². The number of rotatable bonds is 4. The van der Waals surface area contributed by atoms with Crippen LogP contribution in [-0.4, -0.2) is 4.98 Å². The van der Waals surface area contributed by atoms with Gasteiger partial charge in [-0.25, -0.2) is 4.98 Å². The molecule has 0 saturated heterocycles. The van der Waals surface area contributed by atoms with Crippen molar-refractivity contribution in [3.63, 3.8) is 0 Å². The molecule has 0 fully saturated rings. The Labute approximate surface area is 109 Å². The second-order valence-electron chi connectivity index (χ2n) is 3.62. The molecule has 0 atom stereocenters. The molecule has 2 aromatic rings. The Balaban J connectivity index is 1.98. The van der Waals surface area contributed by atoms with Crippen LogP contribution < -0.4 is 0 Å². The highest BCUT2D eigenvalue weighted by atomic mass is 32.2. The van der Waals surface area contributed by atoms with Crippen LogP contribution >= 0.6 is 23.1 Å². The number of hydrogen-bond acceptors (Lipinski definition) is 4. The van der Waals surface area contributed by atoms with Crippen LogP contribution in [0.3, 0.4) is 0 Å². The predicted molar refractivity (Wildman–Crippen MR) is 72.2 cm³/mol. The first kappa shape index (κ1) is 12.2. The number of thioether (sulfide) groups is 1. The third-order valence-electron chi connectivity index (χ3n) is 2.30. The summed E-state index contributed by atoms with van der Waals surface area (Å²) in [5.41, 5.74) is 2.18. The first-order valence-corrected chi connectivity index (χ1v) is 7.15. The van der Waals surface area contributed by atoms with Crippen LogP contribution in [0, 0.1) is 18.3 Å². The third-order valence-corrected chi connectivity index (χ3v) is 4.57. The van der Waals surface area contributed by atoms with E-state index in [2.05, 4.69) is 36.2 Å². The van der Waals surface area contributed by atoms with Gasteiger partial charge in [-0.05, 0) is 18.6 Å². The van der Waals surface area contributed by atoms with Gasteiger partial charge in [0.2, 0.25) is 0 Å². The van der Waals surface area contributed by atoms with Gasteiger partial charge in [0.25, 0.3) is 0 Å². The van der Waals surface area contributed by atoms with Crippen molar-refractivity contribution in [3.8, 4) is 6.07 Å². The molecule has 1 aromatic heterocycles. The van der Waals surface area contributed by atoms with Crippen molar-refractivity contribution in [3.05, 3.63) is 45.9 Å².